The zero-order valence-corrected chi connectivity index (χ0v) is 11.0. The van der Waals surface area contributed by atoms with E-state index in [0.717, 1.165) is 0 Å². The van der Waals surface area contributed by atoms with Crippen LogP contribution in [0.5, 0.6) is 5.75 Å². The third-order valence-corrected chi connectivity index (χ3v) is 2.83. The number of benzene rings is 1. The smallest absolute Gasteiger partial charge is 0.305 e. The van der Waals surface area contributed by atoms with E-state index in [1.54, 1.807) is 0 Å². The second-order valence-corrected chi connectivity index (χ2v) is 4.18. The average Bonchev–Trinajstić information content (AvgIpc) is 2.31. The largest absolute Gasteiger partial charge is 0.496 e. The lowest BCUT2D eigenvalue weighted by molar-refractivity contribution is -0.136. The van der Waals surface area contributed by atoms with Crippen molar-refractivity contribution in [2.24, 2.45) is 0 Å². The van der Waals surface area contributed by atoms with Crippen LogP contribution in [0.2, 0.25) is 10.0 Å². The first-order chi connectivity index (χ1) is 8.45. The molecule has 0 aromatic heterocycles. The summed E-state index contributed by atoms with van der Waals surface area (Å²) in [6.07, 6.45) is -0.157. The van der Waals surface area contributed by atoms with Gasteiger partial charge >= 0.3 is 5.97 Å². The van der Waals surface area contributed by atoms with E-state index in [2.05, 4.69) is 5.32 Å². The topological polar surface area (TPSA) is 75.6 Å². The Morgan fingerprint density at radius 3 is 2.50 bits per heavy atom. The molecule has 0 heterocycles. The van der Waals surface area contributed by atoms with Crippen LogP contribution >= 0.6 is 23.2 Å². The van der Waals surface area contributed by atoms with E-state index in [4.69, 9.17) is 33.0 Å². The van der Waals surface area contributed by atoms with Crippen molar-refractivity contribution in [1.82, 2.24) is 5.32 Å². The van der Waals surface area contributed by atoms with Crippen molar-refractivity contribution in [2.75, 3.05) is 13.7 Å². The van der Waals surface area contributed by atoms with Crippen molar-refractivity contribution in [2.45, 2.75) is 6.42 Å². The molecule has 5 nitrogen and oxygen atoms in total. The molecule has 1 amide bonds. The van der Waals surface area contributed by atoms with Crippen LogP contribution < -0.4 is 10.1 Å². The molecule has 1 aromatic rings. The van der Waals surface area contributed by atoms with Gasteiger partial charge in [0.15, 0.2) is 0 Å². The van der Waals surface area contributed by atoms with Gasteiger partial charge in [-0.2, -0.15) is 0 Å². The van der Waals surface area contributed by atoms with Crippen LogP contribution in [0.3, 0.4) is 0 Å². The Balaban J connectivity index is 2.84. The van der Waals surface area contributed by atoms with Crippen LogP contribution in [0.25, 0.3) is 0 Å². The molecule has 0 fully saturated rings. The number of rotatable bonds is 5. The van der Waals surface area contributed by atoms with Gasteiger partial charge in [0.25, 0.3) is 5.91 Å². The molecule has 98 valence electrons. The zero-order chi connectivity index (χ0) is 13.7. The summed E-state index contributed by atoms with van der Waals surface area (Å²) in [5.74, 6) is -1.18. The van der Waals surface area contributed by atoms with E-state index in [9.17, 15) is 9.59 Å². The van der Waals surface area contributed by atoms with Crippen LogP contribution in [0.15, 0.2) is 12.1 Å². The molecule has 18 heavy (non-hydrogen) atoms. The summed E-state index contributed by atoms with van der Waals surface area (Å²) in [6, 6.07) is 2.80. The van der Waals surface area contributed by atoms with Gasteiger partial charge in [0.2, 0.25) is 0 Å². The summed E-state index contributed by atoms with van der Waals surface area (Å²) >= 11 is 11.6. The van der Waals surface area contributed by atoms with Crippen molar-refractivity contribution in [3.8, 4) is 5.75 Å². The Bertz CT molecular complexity index is 476. The minimum absolute atomic E-state index is 0.0254. The summed E-state index contributed by atoms with van der Waals surface area (Å²) in [7, 11) is 1.40. The molecule has 1 aromatic carbocycles. The van der Waals surface area contributed by atoms with E-state index in [-0.39, 0.29) is 34.3 Å². The van der Waals surface area contributed by atoms with E-state index < -0.39 is 11.9 Å². The number of carbonyl (C=O) groups excluding carboxylic acids is 1. The molecule has 0 atom stereocenters. The van der Waals surface area contributed by atoms with E-state index >= 15 is 0 Å². The summed E-state index contributed by atoms with van der Waals surface area (Å²) in [6.45, 7) is 0.0254. The molecule has 0 radical (unpaired) electrons. The molecule has 0 aliphatic rings. The van der Waals surface area contributed by atoms with E-state index in [1.165, 1.54) is 19.2 Å². The molecule has 0 saturated heterocycles. The third kappa shape index (κ3) is 3.78. The second kappa shape index (κ2) is 6.47. The second-order valence-electron chi connectivity index (χ2n) is 3.37. The molecular weight excluding hydrogens is 281 g/mol. The monoisotopic (exact) mass is 291 g/mol. The Kier molecular flexibility index (Phi) is 5.25. The van der Waals surface area contributed by atoms with Crippen molar-refractivity contribution in [1.29, 1.82) is 0 Å². The van der Waals surface area contributed by atoms with Gasteiger partial charge in [0.1, 0.15) is 5.75 Å². The maximum Gasteiger partial charge on any atom is 0.305 e. The van der Waals surface area contributed by atoms with Crippen LogP contribution in [0, 0.1) is 0 Å². The molecule has 7 heteroatoms. The molecule has 0 spiro atoms. The van der Waals surface area contributed by atoms with Crippen LogP contribution in [-0.2, 0) is 4.79 Å². The zero-order valence-electron chi connectivity index (χ0n) is 9.50. The lowest BCUT2D eigenvalue weighted by atomic mass is 10.2. The number of hydrogen-bond acceptors (Lipinski definition) is 3. The fraction of sp³-hybridized carbons (Fsp3) is 0.273. The molecule has 2 N–H and O–H groups in total. The normalized spacial score (nSPS) is 9.94. The van der Waals surface area contributed by atoms with Crippen molar-refractivity contribution >= 4 is 35.1 Å². The van der Waals surface area contributed by atoms with Gasteiger partial charge in [-0.3, -0.25) is 9.59 Å². The fourth-order valence-corrected chi connectivity index (χ4v) is 1.57. The lowest BCUT2D eigenvalue weighted by Gasteiger charge is -2.10. The predicted octanol–water partition coefficient (Wildman–Crippen LogP) is 2.21. The van der Waals surface area contributed by atoms with Crippen molar-refractivity contribution in [3.63, 3.8) is 0 Å². The first-order valence-electron chi connectivity index (χ1n) is 4.98. The van der Waals surface area contributed by atoms with Gasteiger partial charge in [-0.25, -0.2) is 0 Å². The standard InChI is InChI=1S/C11H11Cl2NO4/c1-18-9-5-8(13)7(12)4-6(9)11(17)14-3-2-10(15)16/h4-5H,2-3H2,1H3,(H,14,17)(H,15,16). The number of halogens is 2. The number of methoxy groups -OCH3 is 1. The van der Waals surface area contributed by atoms with Crippen molar-refractivity contribution < 1.29 is 19.4 Å². The van der Waals surface area contributed by atoms with E-state index in [0.29, 0.717) is 0 Å². The molecule has 0 saturated carbocycles. The van der Waals surface area contributed by atoms with E-state index in [1.807, 2.05) is 0 Å². The highest BCUT2D eigenvalue weighted by Gasteiger charge is 2.15. The predicted molar refractivity (Wildman–Crippen MR) is 67.6 cm³/mol. The number of amides is 1. The highest BCUT2D eigenvalue weighted by Crippen LogP contribution is 2.30. The minimum atomic E-state index is -0.989. The first-order valence-corrected chi connectivity index (χ1v) is 5.74. The van der Waals surface area contributed by atoms with Gasteiger partial charge in [-0.05, 0) is 6.07 Å². The van der Waals surface area contributed by atoms with Crippen molar-refractivity contribution in [3.05, 3.63) is 27.7 Å². The molecule has 1 rings (SSSR count). The van der Waals surface area contributed by atoms with Crippen LogP contribution in [-0.4, -0.2) is 30.6 Å². The fourth-order valence-electron chi connectivity index (χ4n) is 1.25. The molecule has 0 unspecified atom stereocenters. The summed E-state index contributed by atoms with van der Waals surface area (Å²) in [5, 5.41) is 11.4. The number of carboxylic acids is 1. The Hall–Kier alpha value is -1.46. The quantitative estimate of drug-likeness (QED) is 0.872. The molecular formula is C11H11Cl2NO4. The summed E-state index contributed by atoms with van der Waals surface area (Å²) < 4.78 is 5.01. The third-order valence-electron chi connectivity index (χ3n) is 2.11. The maximum atomic E-state index is 11.8. The van der Waals surface area contributed by atoms with Gasteiger partial charge in [-0.15, -0.1) is 0 Å². The first kappa shape index (κ1) is 14.6. The SMILES string of the molecule is COc1cc(Cl)c(Cl)cc1C(=O)NCCC(=O)O. The molecule has 0 bridgehead atoms. The van der Waals surface area contributed by atoms with Gasteiger partial charge < -0.3 is 15.2 Å². The number of aliphatic carboxylic acids is 1. The number of ether oxygens (including phenoxy) is 1. The summed E-state index contributed by atoms with van der Waals surface area (Å²) in [5.41, 5.74) is 0.206. The number of carbonyl (C=O) groups is 2. The average molecular weight is 292 g/mol. The van der Waals surface area contributed by atoms with Gasteiger partial charge in [-0.1, -0.05) is 23.2 Å². The minimum Gasteiger partial charge on any atom is -0.496 e. The maximum absolute atomic E-state index is 11.8. The number of carboxylic acid groups (broad SMARTS) is 1. The lowest BCUT2D eigenvalue weighted by Crippen LogP contribution is -2.26. The molecule has 0 aliphatic carbocycles. The summed E-state index contributed by atoms with van der Waals surface area (Å²) in [4.78, 5) is 22.1. The number of hydrogen-bond donors (Lipinski definition) is 2. The highest BCUT2D eigenvalue weighted by atomic mass is 35.5. The van der Waals surface area contributed by atoms with Gasteiger partial charge in [0, 0.05) is 12.6 Å². The Labute approximate surface area is 114 Å². The Morgan fingerprint density at radius 1 is 1.33 bits per heavy atom. The molecule has 0 aliphatic heterocycles. The highest BCUT2D eigenvalue weighted by molar-refractivity contribution is 6.42. The Morgan fingerprint density at radius 2 is 1.94 bits per heavy atom. The van der Waals surface area contributed by atoms with Crippen LogP contribution in [0.4, 0.5) is 0 Å². The van der Waals surface area contributed by atoms with Crippen LogP contribution in [0.1, 0.15) is 16.8 Å². The number of nitrogens with one attached hydrogen (secondary N) is 1. The van der Waals surface area contributed by atoms with Gasteiger partial charge in [0.05, 0.1) is 29.1 Å².